The average Bonchev–Trinajstić information content (AvgIpc) is 0.996. The van der Waals surface area contributed by atoms with Gasteiger partial charge in [-0.15, -0.1) is 0 Å². The molecule has 0 unspecified atom stereocenters. The molecule has 9 aliphatic rings. The van der Waals surface area contributed by atoms with Crippen molar-refractivity contribution < 1.29 is 0 Å². The van der Waals surface area contributed by atoms with E-state index in [2.05, 4.69) is 374 Å². The molecule has 0 radical (unpaired) electrons. The third-order valence-electron chi connectivity index (χ3n) is 28.9. The number of fused-ring (bicyclic) bond motifs is 20. The van der Waals surface area contributed by atoms with Gasteiger partial charge in [0.2, 0.25) is 0 Å². The molecule has 0 spiro atoms. The molecule has 528 valence electrons. The standard InChI is InChI=1S/C42H23BN2.C36H21BN2.C30H13BN2/c1-2-10-24(11-3-1)44-35-22-20-31-27-14-6-4-12-25(27)29-16-8-18-33-37(29)39(31)41(35)43-42-36(44)23-21-32-28-15-7-5-13-26(28)30-17-9-19-34(45(33)43)38(30)40(32)42;1-2-10-22(11-3-1)38-31-19-9-16-28-25-14-6-7-17-29(25)39-30-18-8-15-26-23-12-4-5-13-24(23)27-20-21-32(38)36(34(27)33(26)30)37(39)35(28)31;1-4-16-14-10-12-22-18-6-3-7-19-23-13-11-15-17-5-2-9-21-20(8-1)27(16)33(28(17)21)31-24(14)29(22)32(26(18)19)30(23)25(15)31/h1-23H;1-21H;1-13H. The Balaban J connectivity index is 0.0000000875. The van der Waals surface area contributed by atoms with Gasteiger partial charge in [-0.1, -0.05) is 273 Å². The Labute approximate surface area is 669 Å². The van der Waals surface area contributed by atoms with Gasteiger partial charge in [0.1, 0.15) is 0 Å². The predicted molar refractivity (Wildman–Crippen MR) is 499 cm³/mol. The van der Waals surface area contributed by atoms with Crippen molar-refractivity contribution in [2.45, 2.75) is 0 Å². The predicted octanol–water partition coefficient (Wildman–Crippen LogP) is 24.0. The third-order valence-corrected chi connectivity index (χ3v) is 28.9. The van der Waals surface area contributed by atoms with E-state index in [9.17, 15) is 0 Å². The summed E-state index contributed by atoms with van der Waals surface area (Å²) in [7, 11) is 0. The molecular weight excluding hydrogens is 1410 g/mol. The molecule has 9 aliphatic heterocycles. The molecule has 0 fully saturated rings. The van der Waals surface area contributed by atoms with Crippen molar-refractivity contribution in [1.82, 2.24) is 8.88 Å². The second-order valence-corrected chi connectivity index (χ2v) is 33.7. The van der Waals surface area contributed by atoms with Crippen LogP contribution in [0.4, 0.5) is 56.9 Å². The van der Waals surface area contributed by atoms with Crippen molar-refractivity contribution in [3.63, 3.8) is 0 Å². The highest BCUT2D eigenvalue weighted by Gasteiger charge is 2.52. The second kappa shape index (κ2) is 20.5. The monoisotopic (exact) mass is 1470 g/mol. The van der Waals surface area contributed by atoms with E-state index in [0.29, 0.717) is 0 Å². The molecule has 0 saturated heterocycles. The first-order valence-electron chi connectivity index (χ1n) is 41.3. The van der Waals surface area contributed by atoms with E-state index in [0.717, 1.165) is 0 Å². The first kappa shape index (κ1) is 59.7. The van der Waals surface area contributed by atoms with E-state index in [1.54, 1.807) is 0 Å². The van der Waals surface area contributed by atoms with Crippen molar-refractivity contribution in [3.8, 4) is 33.4 Å². The molecule has 0 saturated carbocycles. The van der Waals surface area contributed by atoms with Gasteiger partial charge in [-0.05, 0) is 203 Å². The fourth-order valence-electron chi connectivity index (χ4n) is 25.0. The summed E-state index contributed by atoms with van der Waals surface area (Å²) in [5.41, 5.74) is 36.6. The van der Waals surface area contributed by atoms with Gasteiger partial charge in [0.25, 0.3) is 0 Å². The number of hydrogen-bond acceptors (Lipinski definition) is 4. The largest absolute Gasteiger partial charge is 0.376 e. The average molecular weight is 1470 g/mol. The highest BCUT2D eigenvalue weighted by atomic mass is 15.2. The van der Waals surface area contributed by atoms with Crippen LogP contribution in [0.5, 0.6) is 0 Å². The molecule has 0 N–H and O–H groups in total. The lowest BCUT2D eigenvalue weighted by molar-refractivity contribution is 1.27. The van der Waals surface area contributed by atoms with Gasteiger partial charge in [0.05, 0.1) is 16.6 Å². The Kier molecular flexibility index (Phi) is 10.4. The number of anilines is 10. The third kappa shape index (κ3) is 6.71. The number of benzene rings is 21. The molecule has 9 heteroatoms. The Morgan fingerprint density at radius 3 is 0.906 bits per heavy atom. The van der Waals surface area contributed by atoms with Crippen LogP contribution in [0.3, 0.4) is 0 Å². The van der Waals surface area contributed by atoms with Gasteiger partial charge >= 0.3 is 20.5 Å². The normalized spacial score (nSPS) is 14.2. The van der Waals surface area contributed by atoms with E-state index >= 15 is 0 Å². The molecule has 3 aromatic heterocycles. The summed E-state index contributed by atoms with van der Waals surface area (Å²) < 4.78 is 5.31. The Morgan fingerprint density at radius 1 is 0.154 bits per heavy atom. The van der Waals surface area contributed by atoms with Gasteiger partial charge in [-0.3, -0.25) is 0 Å². The summed E-state index contributed by atoms with van der Waals surface area (Å²) in [5, 5.41) is 32.6. The zero-order valence-corrected chi connectivity index (χ0v) is 62.8. The summed E-state index contributed by atoms with van der Waals surface area (Å²) in [6.07, 6.45) is 0. The molecule has 0 aliphatic carbocycles. The van der Waals surface area contributed by atoms with Crippen LogP contribution < -0.4 is 52.2 Å². The molecule has 6 nitrogen and oxygen atoms in total. The minimum Gasteiger partial charge on any atom is -0.376 e. The maximum atomic E-state index is 2.69. The summed E-state index contributed by atoms with van der Waals surface area (Å²) in [4.78, 5) is 10.3. The van der Waals surface area contributed by atoms with Crippen LogP contribution >= 0.6 is 0 Å². The van der Waals surface area contributed by atoms with Gasteiger partial charge in [0, 0.05) is 133 Å². The van der Waals surface area contributed by atoms with Gasteiger partial charge in [-0.2, -0.15) is 0 Å². The minimum atomic E-state index is 0.0703. The molecule has 0 amide bonds. The van der Waals surface area contributed by atoms with Crippen LogP contribution in [0.2, 0.25) is 0 Å². The van der Waals surface area contributed by atoms with Crippen LogP contribution in [0.25, 0.3) is 190 Å². The number of aromatic nitrogens is 2. The van der Waals surface area contributed by atoms with E-state index in [1.165, 1.54) is 280 Å². The first-order chi connectivity index (χ1) is 58.2. The molecule has 117 heavy (non-hydrogen) atoms. The molecule has 24 aromatic rings. The van der Waals surface area contributed by atoms with Gasteiger partial charge in [-0.25, -0.2) is 0 Å². The summed E-state index contributed by atoms with van der Waals surface area (Å²) in [5.74, 6) is 0. The lowest BCUT2D eigenvalue weighted by Gasteiger charge is -2.48. The van der Waals surface area contributed by atoms with Crippen LogP contribution in [-0.2, 0) is 0 Å². The fraction of sp³-hybridized carbons (Fsp3) is 0. The molecule has 21 aromatic carbocycles. The zero-order chi connectivity index (χ0) is 74.9. The lowest BCUT2D eigenvalue weighted by Crippen LogP contribution is -2.62. The summed E-state index contributed by atoms with van der Waals surface area (Å²) in [6.45, 7) is 0.425. The Morgan fingerprint density at radius 2 is 0.444 bits per heavy atom. The van der Waals surface area contributed by atoms with Crippen molar-refractivity contribution in [2.75, 3.05) is 19.4 Å². The molecule has 12 heterocycles. The molecular formula is C108H57B3N6. The maximum Gasteiger partial charge on any atom is 0.333 e. The van der Waals surface area contributed by atoms with Crippen molar-refractivity contribution in [1.29, 1.82) is 0 Å². The van der Waals surface area contributed by atoms with Crippen LogP contribution in [0.15, 0.2) is 346 Å². The molecule has 0 atom stereocenters. The molecule has 0 bridgehead atoms. The quantitative estimate of drug-likeness (QED) is 0.127. The van der Waals surface area contributed by atoms with E-state index in [4.69, 9.17) is 0 Å². The van der Waals surface area contributed by atoms with E-state index < -0.39 is 0 Å². The lowest BCUT2D eigenvalue weighted by atomic mass is 9.41. The number of hydrogen-bond donors (Lipinski definition) is 0. The minimum absolute atomic E-state index is 0.0703. The smallest absolute Gasteiger partial charge is 0.333 e. The van der Waals surface area contributed by atoms with Crippen molar-refractivity contribution in [2.24, 2.45) is 0 Å². The highest BCUT2D eigenvalue weighted by Crippen LogP contribution is 2.58. The Bertz CT molecular complexity index is 8650. The van der Waals surface area contributed by atoms with Crippen molar-refractivity contribution in [3.05, 3.63) is 346 Å². The molecule has 33 rings (SSSR count). The van der Waals surface area contributed by atoms with Crippen molar-refractivity contribution >= 4 is 267 Å². The number of para-hydroxylation sites is 6. The van der Waals surface area contributed by atoms with Gasteiger partial charge in [0.15, 0.2) is 0 Å². The van der Waals surface area contributed by atoms with Crippen LogP contribution in [-0.4, -0.2) is 29.4 Å². The Hall–Kier alpha value is -15.0. The van der Waals surface area contributed by atoms with Crippen LogP contribution in [0, 0.1) is 0 Å². The topological polar surface area (TPSA) is 22.3 Å². The SMILES string of the molecule is c1cc2c3c(c1)c1cccc4c1n3B1c3c-2ccc2c5cccc6c7ccc-4c1c7n(c32)c56.c1ccc(N2c3ccc4c5ccccc5c5cccc6c5c4c3B3c4c2ccc2c5ccccc5c5cccc(c5c42)N36)cc1.c1ccc(N2c3cccc4c3B3c5c2ccc2c6ccccc6c6cccc(c6c52)N3c2ccccc2-4)cc1. The van der Waals surface area contributed by atoms with E-state index in [-0.39, 0.29) is 20.5 Å². The van der Waals surface area contributed by atoms with Gasteiger partial charge < -0.3 is 28.3 Å². The number of nitrogens with zero attached hydrogens (tertiary/aromatic N) is 6. The fourth-order valence-corrected chi connectivity index (χ4v) is 25.0. The van der Waals surface area contributed by atoms with Crippen LogP contribution in [0.1, 0.15) is 0 Å². The summed E-state index contributed by atoms with van der Waals surface area (Å²) >= 11 is 0. The summed E-state index contributed by atoms with van der Waals surface area (Å²) in [6, 6.07) is 130. The zero-order valence-electron chi connectivity index (χ0n) is 62.8. The maximum absolute atomic E-state index is 2.69. The first-order valence-corrected chi connectivity index (χ1v) is 41.3. The van der Waals surface area contributed by atoms with E-state index in [1.807, 2.05) is 0 Å². The number of rotatable bonds is 2. The highest BCUT2D eigenvalue weighted by molar-refractivity contribution is 6.98. The second-order valence-electron chi connectivity index (χ2n) is 33.7.